The number of benzene rings is 1. The monoisotopic (exact) mass is 225 g/mol. The molecule has 1 rings (SSSR count). The van der Waals surface area contributed by atoms with Gasteiger partial charge in [-0.3, -0.25) is 0 Å². The molecule has 4 nitrogen and oxygen atoms in total. The van der Waals surface area contributed by atoms with Crippen LogP contribution >= 0.6 is 12.2 Å². The molecule has 1 atom stereocenters. The molecule has 0 amide bonds. The first-order chi connectivity index (χ1) is 7.09. The summed E-state index contributed by atoms with van der Waals surface area (Å²) in [6.45, 7) is 1.42. The molecule has 0 saturated carbocycles. The van der Waals surface area contributed by atoms with E-state index in [1.807, 2.05) is 18.2 Å². The van der Waals surface area contributed by atoms with Crippen LogP contribution in [0.25, 0.3) is 0 Å². The molecule has 80 valence electrons. The standard InChI is InChI=1S/C10H11NO3S/c1-7(9(12)13)14-10(15)11-8-5-3-2-4-6-8/h2-7H,1H3,(H,11,15)(H,12,13)/t7-/m1/s1. The molecule has 0 fully saturated rings. The van der Waals surface area contributed by atoms with Crippen molar-refractivity contribution in [2.24, 2.45) is 0 Å². The molecule has 0 aliphatic heterocycles. The number of rotatable bonds is 3. The van der Waals surface area contributed by atoms with Crippen molar-refractivity contribution in [3.05, 3.63) is 30.3 Å². The molecule has 5 heteroatoms. The zero-order valence-electron chi connectivity index (χ0n) is 8.14. The third-order valence-electron chi connectivity index (χ3n) is 1.65. The fraction of sp³-hybridized carbons (Fsp3) is 0.200. The summed E-state index contributed by atoms with van der Waals surface area (Å²) in [5.41, 5.74) is 0.764. The number of hydrogen-bond acceptors (Lipinski definition) is 3. The number of hydrogen-bond donors (Lipinski definition) is 2. The number of ether oxygens (including phenoxy) is 1. The van der Waals surface area contributed by atoms with Crippen LogP contribution in [0.5, 0.6) is 0 Å². The summed E-state index contributed by atoms with van der Waals surface area (Å²) in [4.78, 5) is 10.5. The number of nitrogens with one attached hydrogen (secondary N) is 1. The fourth-order valence-electron chi connectivity index (χ4n) is 0.880. The van der Waals surface area contributed by atoms with Crippen molar-refractivity contribution < 1.29 is 14.6 Å². The van der Waals surface area contributed by atoms with Gasteiger partial charge in [0.25, 0.3) is 5.17 Å². The first-order valence-electron chi connectivity index (χ1n) is 4.35. The lowest BCUT2D eigenvalue weighted by Crippen LogP contribution is -2.26. The molecule has 0 aromatic heterocycles. The summed E-state index contributed by atoms with van der Waals surface area (Å²) >= 11 is 4.83. The highest BCUT2D eigenvalue weighted by atomic mass is 32.1. The smallest absolute Gasteiger partial charge is 0.344 e. The second kappa shape index (κ2) is 5.31. The average molecular weight is 225 g/mol. The summed E-state index contributed by atoms with van der Waals surface area (Å²) in [6, 6.07) is 9.16. The van der Waals surface area contributed by atoms with Crippen LogP contribution in [0.2, 0.25) is 0 Å². The summed E-state index contributed by atoms with van der Waals surface area (Å²) in [6.07, 6.45) is -0.950. The molecule has 1 aromatic rings. The Labute approximate surface area is 92.9 Å². The normalized spacial score (nSPS) is 11.5. The Morgan fingerprint density at radius 3 is 2.60 bits per heavy atom. The van der Waals surface area contributed by atoms with E-state index in [-0.39, 0.29) is 5.17 Å². The van der Waals surface area contributed by atoms with Gasteiger partial charge in [0.15, 0.2) is 6.10 Å². The predicted molar refractivity (Wildman–Crippen MR) is 60.8 cm³/mol. The van der Waals surface area contributed by atoms with Crippen molar-refractivity contribution in [2.45, 2.75) is 13.0 Å². The Morgan fingerprint density at radius 1 is 1.47 bits per heavy atom. The van der Waals surface area contributed by atoms with Gasteiger partial charge in [0.2, 0.25) is 0 Å². The number of thiocarbonyl (C=S) groups is 1. The number of carboxylic acid groups (broad SMARTS) is 1. The van der Waals surface area contributed by atoms with Gasteiger partial charge in [0.05, 0.1) is 0 Å². The lowest BCUT2D eigenvalue weighted by molar-refractivity contribution is -0.144. The molecule has 0 saturated heterocycles. The van der Waals surface area contributed by atoms with E-state index in [0.29, 0.717) is 0 Å². The van der Waals surface area contributed by atoms with Gasteiger partial charge in [0, 0.05) is 5.69 Å². The molecule has 0 aliphatic rings. The van der Waals surface area contributed by atoms with Gasteiger partial charge < -0.3 is 15.2 Å². The van der Waals surface area contributed by atoms with E-state index < -0.39 is 12.1 Å². The molecule has 1 aromatic carbocycles. The van der Waals surface area contributed by atoms with E-state index in [1.54, 1.807) is 12.1 Å². The summed E-state index contributed by atoms with van der Waals surface area (Å²) in [5, 5.41) is 11.4. The van der Waals surface area contributed by atoms with Crippen molar-refractivity contribution in [2.75, 3.05) is 5.32 Å². The lowest BCUT2D eigenvalue weighted by atomic mass is 10.3. The first-order valence-corrected chi connectivity index (χ1v) is 4.76. The molecular weight excluding hydrogens is 214 g/mol. The highest BCUT2D eigenvalue weighted by Gasteiger charge is 2.13. The van der Waals surface area contributed by atoms with Crippen LogP contribution in [-0.2, 0) is 9.53 Å². The molecule has 0 radical (unpaired) electrons. The van der Waals surface area contributed by atoms with Gasteiger partial charge in [-0.2, -0.15) is 0 Å². The molecule has 15 heavy (non-hydrogen) atoms. The topological polar surface area (TPSA) is 58.6 Å². The summed E-state index contributed by atoms with van der Waals surface area (Å²) in [7, 11) is 0. The highest BCUT2D eigenvalue weighted by molar-refractivity contribution is 7.80. The van der Waals surface area contributed by atoms with Crippen LogP contribution in [0.3, 0.4) is 0 Å². The quantitative estimate of drug-likeness (QED) is 0.769. The maximum atomic E-state index is 10.5. The Hall–Kier alpha value is -1.62. The number of anilines is 1. The average Bonchev–Trinajstić information content (AvgIpc) is 2.18. The summed E-state index contributed by atoms with van der Waals surface area (Å²) < 4.78 is 4.94. The maximum Gasteiger partial charge on any atom is 0.344 e. The zero-order valence-corrected chi connectivity index (χ0v) is 8.95. The zero-order chi connectivity index (χ0) is 11.3. The highest BCUT2D eigenvalue weighted by Crippen LogP contribution is 2.06. The molecule has 0 aliphatic carbocycles. The SMILES string of the molecule is C[C@@H](OC(=S)Nc1ccccc1)C(=O)O. The second-order valence-corrected chi connectivity index (χ2v) is 3.25. The minimum atomic E-state index is -1.05. The second-order valence-electron chi connectivity index (χ2n) is 2.88. The Balaban J connectivity index is 2.47. The maximum absolute atomic E-state index is 10.5. The van der Waals surface area contributed by atoms with Crippen LogP contribution in [0.1, 0.15) is 6.92 Å². The molecule has 0 heterocycles. The van der Waals surface area contributed by atoms with Crippen molar-refractivity contribution >= 4 is 29.0 Å². The van der Waals surface area contributed by atoms with Crippen LogP contribution in [0.15, 0.2) is 30.3 Å². The number of para-hydroxylation sites is 1. The van der Waals surface area contributed by atoms with E-state index in [1.165, 1.54) is 6.92 Å². The van der Waals surface area contributed by atoms with E-state index in [9.17, 15) is 4.79 Å². The van der Waals surface area contributed by atoms with Crippen LogP contribution in [-0.4, -0.2) is 22.4 Å². The van der Waals surface area contributed by atoms with Gasteiger partial charge in [-0.25, -0.2) is 4.79 Å². The van der Waals surface area contributed by atoms with E-state index in [2.05, 4.69) is 5.32 Å². The van der Waals surface area contributed by atoms with Crippen molar-refractivity contribution in [1.82, 2.24) is 0 Å². The number of carboxylic acids is 1. The van der Waals surface area contributed by atoms with Crippen molar-refractivity contribution in [3.63, 3.8) is 0 Å². The summed E-state index contributed by atoms with van der Waals surface area (Å²) in [5.74, 6) is -1.05. The van der Waals surface area contributed by atoms with Gasteiger partial charge >= 0.3 is 5.97 Å². The first kappa shape index (κ1) is 11.5. The number of carbonyl (C=O) groups is 1. The lowest BCUT2D eigenvalue weighted by Gasteiger charge is -2.12. The van der Waals surface area contributed by atoms with Gasteiger partial charge in [0.1, 0.15) is 0 Å². The minimum Gasteiger partial charge on any atom is -0.479 e. The van der Waals surface area contributed by atoms with Crippen LogP contribution in [0, 0.1) is 0 Å². The molecular formula is C10H11NO3S. The molecule has 2 N–H and O–H groups in total. The third kappa shape index (κ3) is 3.95. The Kier molecular flexibility index (Phi) is 4.05. The van der Waals surface area contributed by atoms with E-state index >= 15 is 0 Å². The van der Waals surface area contributed by atoms with Gasteiger partial charge in [-0.05, 0) is 31.3 Å². The van der Waals surface area contributed by atoms with Gasteiger partial charge in [-0.15, -0.1) is 0 Å². The van der Waals surface area contributed by atoms with E-state index in [4.69, 9.17) is 22.1 Å². The predicted octanol–water partition coefficient (Wildman–Crippen LogP) is 1.87. The van der Waals surface area contributed by atoms with Crippen LogP contribution in [0.4, 0.5) is 5.69 Å². The van der Waals surface area contributed by atoms with E-state index in [0.717, 1.165) is 5.69 Å². The largest absolute Gasteiger partial charge is 0.479 e. The van der Waals surface area contributed by atoms with Crippen molar-refractivity contribution in [3.8, 4) is 0 Å². The third-order valence-corrected chi connectivity index (χ3v) is 1.85. The number of aliphatic carboxylic acids is 1. The van der Waals surface area contributed by atoms with Crippen LogP contribution < -0.4 is 5.32 Å². The van der Waals surface area contributed by atoms with Gasteiger partial charge in [-0.1, -0.05) is 18.2 Å². The molecule has 0 spiro atoms. The fourth-order valence-corrected chi connectivity index (χ4v) is 1.14. The van der Waals surface area contributed by atoms with Crippen molar-refractivity contribution in [1.29, 1.82) is 0 Å². The molecule has 0 bridgehead atoms. The minimum absolute atomic E-state index is 0.0519. The Bertz CT molecular complexity index is 353. The Morgan fingerprint density at radius 2 is 2.07 bits per heavy atom. The molecule has 0 unspecified atom stereocenters.